The third-order valence-electron chi connectivity index (χ3n) is 14.8. The fourth-order valence-corrected chi connectivity index (χ4v) is 12.8. The highest BCUT2D eigenvalue weighted by molar-refractivity contribution is 6.14. The van der Waals surface area contributed by atoms with E-state index in [1.54, 1.807) is 27.7 Å². The highest BCUT2D eigenvalue weighted by atomic mass is 35.5. The van der Waals surface area contributed by atoms with Gasteiger partial charge >= 0.3 is 5.97 Å². The zero-order chi connectivity index (χ0) is 33.2. The Hall–Kier alpha value is -1.07. The van der Waals surface area contributed by atoms with Crippen molar-refractivity contribution in [1.29, 1.82) is 0 Å². The molecular weight excluding hydrogens is 606 g/mol. The molecule has 0 unspecified atom stereocenters. The van der Waals surface area contributed by atoms with E-state index in [-0.39, 0.29) is 59.1 Å². The van der Waals surface area contributed by atoms with Gasteiger partial charge in [0, 0.05) is 23.7 Å². The molecule has 1 amide bonds. The van der Waals surface area contributed by atoms with Crippen LogP contribution in [-0.4, -0.2) is 70.6 Å². The molecule has 1 saturated heterocycles. The predicted molar refractivity (Wildman–Crippen MR) is 164 cm³/mol. The molecule has 4 N–H and O–H groups in total. The van der Waals surface area contributed by atoms with Crippen LogP contribution < -0.4 is 10.2 Å². The molecule has 6 aliphatic rings. The summed E-state index contributed by atoms with van der Waals surface area (Å²) in [6.45, 7) is 12.9. The number of ether oxygens (including phenoxy) is 2. The minimum atomic E-state index is -2.91. The van der Waals surface area contributed by atoms with Crippen LogP contribution in [0.5, 0.6) is 0 Å². The number of aliphatic hydroxyl groups excluding tert-OH is 1. The fourth-order valence-electron chi connectivity index (χ4n) is 12.6. The minimum absolute atomic E-state index is 0.0603. The molecule has 0 aromatic rings. The third-order valence-corrected chi connectivity index (χ3v) is 14.9. The van der Waals surface area contributed by atoms with Crippen LogP contribution in [0.3, 0.4) is 0 Å². The summed E-state index contributed by atoms with van der Waals surface area (Å²) in [6.07, 6.45) is 3.59. The number of alkyl halides is 2. The lowest BCUT2D eigenvalue weighted by Crippen LogP contribution is -2.64. The molecule has 0 radical (unpaired) electrons. The number of hydrogen-bond donors (Lipinski definition) is 4. The summed E-state index contributed by atoms with van der Waals surface area (Å²) < 4.78 is 44.2. The van der Waals surface area contributed by atoms with Crippen molar-refractivity contribution in [2.75, 3.05) is 13.1 Å². The molecule has 5 saturated carbocycles. The standard InChI is InChI=1S/C34H53ClF2N2O6/c1-27(2)26-20(44-24(42)17-38-23(41)16-39-35)14-21-30(6)15-19(40)25(31(7)9-8-22(45-31)28(3,4)43)29(30,5)10-11-32(21)18-33(26,32)12-13-34(27,36)37/h19-22,25-26,39-40,43H,8-18H2,1-7H3,(H,38,41)/t19-,20-,21-,22-,25-,26-,29+,30-,31-,32-,33+/m0/s1. The van der Waals surface area contributed by atoms with Gasteiger partial charge in [0.25, 0.3) is 5.92 Å². The lowest BCUT2D eigenvalue weighted by atomic mass is 9.41. The van der Waals surface area contributed by atoms with Crippen molar-refractivity contribution >= 4 is 23.7 Å². The van der Waals surface area contributed by atoms with Crippen molar-refractivity contribution in [3.8, 4) is 0 Å². The van der Waals surface area contributed by atoms with Gasteiger partial charge in [0.05, 0.1) is 30.0 Å². The van der Waals surface area contributed by atoms with Crippen LogP contribution in [0.25, 0.3) is 0 Å². The van der Waals surface area contributed by atoms with E-state index in [1.807, 2.05) is 0 Å². The summed E-state index contributed by atoms with van der Waals surface area (Å²) in [5.41, 5.74) is -4.17. The zero-order valence-corrected chi connectivity index (χ0v) is 28.7. The topological polar surface area (TPSA) is 117 Å². The van der Waals surface area contributed by atoms with E-state index >= 15 is 8.78 Å². The molecule has 45 heavy (non-hydrogen) atoms. The SMILES string of the molecule is CC(C)(O)[C@@H]1CC[C@@](C)([C@H]2[C@@H](O)C[C@@]3(C)[C@@H]4C[C@H](OC(=O)CNC(=O)CNCl)[C@H]5C(C)(C)C(F)(F)CC[C@@]56C[C@@]46CC[C@]23C)O1. The zero-order valence-electron chi connectivity index (χ0n) is 27.9. The van der Waals surface area contributed by atoms with Crippen LogP contribution in [0.4, 0.5) is 8.78 Å². The second-order valence-corrected chi connectivity index (χ2v) is 17.8. The number of aliphatic hydroxyl groups is 2. The molecule has 2 spiro atoms. The molecule has 0 bridgehead atoms. The first-order valence-corrected chi connectivity index (χ1v) is 17.3. The van der Waals surface area contributed by atoms with E-state index in [2.05, 4.69) is 30.9 Å². The van der Waals surface area contributed by atoms with Crippen LogP contribution in [-0.2, 0) is 19.1 Å². The summed E-state index contributed by atoms with van der Waals surface area (Å²) in [4.78, 5) is 27.4. The van der Waals surface area contributed by atoms with Gasteiger partial charge in [-0.25, -0.2) is 13.6 Å². The first-order chi connectivity index (χ1) is 20.6. The number of fused-ring (bicyclic) bond motifs is 2. The molecule has 5 aliphatic carbocycles. The van der Waals surface area contributed by atoms with E-state index in [1.165, 1.54) is 0 Å². The Morgan fingerprint density at radius 1 is 0.978 bits per heavy atom. The van der Waals surface area contributed by atoms with Crippen molar-refractivity contribution < 1.29 is 38.1 Å². The Labute approximate surface area is 271 Å². The van der Waals surface area contributed by atoms with Crippen LogP contribution in [0.15, 0.2) is 0 Å². The Morgan fingerprint density at radius 2 is 1.64 bits per heavy atom. The molecule has 6 rings (SSSR count). The largest absolute Gasteiger partial charge is 0.461 e. The number of halogens is 3. The number of carbonyl (C=O) groups excluding carboxylic acids is 2. The molecule has 11 atom stereocenters. The highest BCUT2D eigenvalue weighted by Gasteiger charge is 2.86. The minimum Gasteiger partial charge on any atom is -0.461 e. The van der Waals surface area contributed by atoms with Crippen LogP contribution >= 0.6 is 11.8 Å². The number of esters is 1. The van der Waals surface area contributed by atoms with E-state index < -0.39 is 52.5 Å². The first-order valence-electron chi connectivity index (χ1n) is 16.9. The molecule has 1 aliphatic heterocycles. The van der Waals surface area contributed by atoms with Gasteiger partial charge in [0.1, 0.15) is 12.6 Å². The summed E-state index contributed by atoms with van der Waals surface area (Å²) in [5.74, 6) is -4.64. The van der Waals surface area contributed by atoms with E-state index in [0.717, 1.165) is 25.7 Å². The van der Waals surface area contributed by atoms with Gasteiger partial charge < -0.3 is 25.0 Å². The monoisotopic (exact) mass is 658 g/mol. The Morgan fingerprint density at radius 3 is 2.27 bits per heavy atom. The van der Waals surface area contributed by atoms with Gasteiger partial charge in [-0.1, -0.05) is 27.7 Å². The van der Waals surface area contributed by atoms with Crippen LogP contribution in [0, 0.1) is 44.8 Å². The van der Waals surface area contributed by atoms with E-state index in [0.29, 0.717) is 25.7 Å². The van der Waals surface area contributed by atoms with Gasteiger partial charge in [0.2, 0.25) is 5.91 Å². The molecule has 8 nitrogen and oxygen atoms in total. The molecule has 6 fully saturated rings. The summed E-state index contributed by atoms with van der Waals surface area (Å²) in [5, 5.41) is 25.2. The Balaban J connectivity index is 1.35. The fraction of sp³-hybridized carbons (Fsp3) is 0.941. The first kappa shape index (κ1) is 33.8. The lowest BCUT2D eigenvalue weighted by molar-refractivity contribution is -0.251. The maximum atomic E-state index is 15.7. The average molecular weight is 659 g/mol. The van der Waals surface area contributed by atoms with Gasteiger partial charge in [-0.05, 0) is 111 Å². The summed E-state index contributed by atoms with van der Waals surface area (Å²) in [6, 6.07) is 0. The van der Waals surface area contributed by atoms with Crippen LogP contribution in [0.2, 0.25) is 0 Å². The molecule has 11 heteroatoms. The second kappa shape index (κ2) is 10.2. The Kier molecular flexibility index (Phi) is 7.68. The number of carbonyl (C=O) groups is 2. The van der Waals surface area contributed by atoms with E-state index in [9.17, 15) is 19.8 Å². The highest BCUT2D eigenvalue weighted by Crippen LogP contribution is 2.90. The summed E-state index contributed by atoms with van der Waals surface area (Å²) >= 11 is 5.42. The van der Waals surface area contributed by atoms with Crippen molar-refractivity contribution in [2.45, 2.75) is 142 Å². The molecule has 1 heterocycles. The molecular formula is C34H53ClF2N2O6. The maximum absolute atomic E-state index is 15.7. The third kappa shape index (κ3) is 4.54. The summed E-state index contributed by atoms with van der Waals surface area (Å²) in [7, 11) is 0. The number of hydrogen-bond acceptors (Lipinski definition) is 7. The smallest absolute Gasteiger partial charge is 0.325 e. The molecule has 256 valence electrons. The van der Waals surface area contributed by atoms with Crippen molar-refractivity contribution in [1.82, 2.24) is 10.2 Å². The second-order valence-electron chi connectivity index (χ2n) is 17.5. The van der Waals surface area contributed by atoms with Crippen LogP contribution in [0.1, 0.15) is 106 Å². The maximum Gasteiger partial charge on any atom is 0.325 e. The number of amides is 1. The average Bonchev–Trinajstić information content (AvgIpc) is 3.29. The Bertz CT molecular complexity index is 1250. The van der Waals surface area contributed by atoms with E-state index in [4.69, 9.17) is 21.3 Å². The van der Waals surface area contributed by atoms with Crippen molar-refractivity contribution in [3.63, 3.8) is 0 Å². The lowest BCUT2D eigenvalue weighted by Gasteiger charge is -2.65. The normalized spacial score (nSPS) is 49.2. The van der Waals surface area contributed by atoms with Gasteiger partial charge in [-0.15, -0.1) is 0 Å². The predicted octanol–water partition coefficient (Wildman–Crippen LogP) is 5.12. The van der Waals surface area contributed by atoms with Crippen molar-refractivity contribution in [2.24, 2.45) is 44.8 Å². The molecule has 0 aromatic carbocycles. The molecule has 0 aromatic heterocycles. The van der Waals surface area contributed by atoms with Crippen molar-refractivity contribution in [3.05, 3.63) is 0 Å². The quantitative estimate of drug-likeness (QED) is 0.222. The number of nitrogens with one attached hydrogen (secondary N) is 2. The number of rotatable bonds is 7. The van der Waals surface area contributed by atoms with Gasteiger partial charge in [-0.2, -0.15) is 0 Å². The van der Waals surface area contributed by atoms with Gasteiger partial charge in [0.15, 0.2) is 0 Å². The van der Waals surface area contributed by atoms with Gasteiger partial charge in [-0.3, -0.25) is 9.59 Å².